The highest BCUT2D eigenvalue weighted by Gasteiger charge is 2.33. The monoisotopic (exact) mass is 703 g/mol. The zero-order valence-corrected chi connectivity index (χ0v) is 30.1. The Morgan fingerprint density at radius 2 is 1.77 bits per heavy atom. The minimum atomic E-state index is -0.227. The van der Waals surface area contributed by atoms with Gasteiger partial charge in [-0.15, -0.1) is 10.2 Å². The maximum atomic E-state index is 13.0. The molecule has 7 rings (SSSR count). The Balaban J connectivity index is 0.897. The predicted octanol–water partition coefficient (Wildman–Crippen LogP) is 7.05. The molecule has 1 saturated heterocycles. The summed E-state index contributed by atoms with van der Waals surface area (Å²) in [6.07, 6.45) is 2.97. The maximum absolute atomic E-state index is 13.0. The number of para-hydroxylation sites is 1. The van der Waals surface area contributed by atoms with Crippen LogP contribution < -0.4 is 15.5 Å². The number of likely N-dealkylation sites (tertiary alicyclic amines) is 1. The van der Waals surface area contributed by atoms with E-state index in [2.05, 4.69) is 49.9 Å². The van der Waals surface area contributed by atoms with Crippen molar-refractivity contribution in [1.29, 1.82) is 0 Å². The molecule has 3 N–H and O–H groups in total. The maximum Gasteiger partial charge on any atom is 0.251 e. The second-order valence-electron chi connectivity index (χ2n) is 13.9. The van der Waals surface area contributed by atoms with Crippen molar-refractivity contribution in [2.24, 2.45) is 0 Å². The Kier molecular flexibility index (Phi) is 10.1. The van der Waals surface area contributed by atoms with Gasteiger partial charge < -0.3 is 29.6 Å². The van der Waals surface area contributed by atoms with Gasteiger partial charge in [0.05, 0.1) is 18.3 Å². The number of aromatic hydroxyl groups is 1. The van der Waals surface area contributed by atoms with Crippen LogP contribution in [0.2, 0.25) is 0 Å². The molecule has 0 aliphatic carbocycles. The molecule has 2 aromatic heterocycles. The van der Waals surface area contributed by atoms with E-state index in [-0.39, 0.29) is 42.1 Å². The number of phenolic OH excluding ortho intramolecular Hbond substituents is 1. The molecule has 4 heterocycles. The first-order valence-corrected chi connectivity index (χ1v) is 18.0. The summed E-state index contributed by atoms with van der Waals surface area (Å²) >= 11 is 0. The number of aromatic nitrogens is 3. The standard InChI is InChI=1S/C40H45N7O5/c1-5-37(49)47-24(2)18-34(33-8-6-7-9-35(33)47)42-31-12-10-28(11-13-31)39(50)41-22-36-43-44-40(51-36)29-14-16-46(17-15-29)23-27-19-30(21-32(48)20-27)38-25(3)45-52-26(38)4/h6-13,19-21,24,29,34,42,48H,5,14-18,22-23H2,1-4H3,(H,41,50)/t24-,34+/m0/s1. The summed E-state index contributed by atoms with van der Waals surface area (Å²) in [7, 11) is 0. The molecule has 3 aromatic carbocycles. The van der Waals surface area contributed by atoms with Crippen LogP contribution in [0.3, 0.4) is 0 Å². The number of phenols is 1. The third-order valence-corrected chi connectivity index (χ3v) is 10.2. The number of carbonyl (C=O) groups excluding carboxylic acids is 2. The third kappa shape index (κ3) is 7.43. The largest absolute Gasteiger partial charge is 0.508 e. The molecule has 2 atom stereocenters. The first-order valence-electron chi connectivity index (χ1n) is 18.0. The van der Waals surface area contributed by atoms with Crippen molar-refractivity contribution >= 4 is 23.2 Å². The van der Waals surface area contributed by atoms with Gasteiger partial charge in [0.25, 0.3) is 5.91 Å². The fourth-order valence-corrected chi connectivity index (χ4v) is 7.58. The number of fused-ring (bicyclic) bond motifs is 1. The number of carbonyl (C=O) groups is 2. The quantitative estimate of drug-likeness (QED) is 0.138. The first kappa shape index (κ1) is 34.9. The van der Waals surface area contributed by atoms with Crippen molar-refractivity contribution in [3.05, 3.63) is 107 Å². The molecule has 5 aromatic rings. The number of anilines is 2. The van der Waals surface area contributed by atoms with Crippen LogP contribution in [0, 0.1) is 13.8 Å². The van der Waals surface area contributed by atoms with E-state index in [1.165, 1.54) is 0 Å². The molecule has 12 nitrogen and oxygen atoms in total. The highest BCUT2D eigenvalue weighted by Crippen LogP contribution is 2.39. The summed E-state index contributed by atoms with van der Waals surface area (Å²) in [4.78, 5) is 30.0. The number of nitrogens with zero attached hydrogens (tertiary/aromatic N) is 5. The second-order valence-corrected chi connectivity index (χ2v) is 13.9. The Hall–Kier alpha value is -5.49. The normalized spacial score (nSPS) is 17.9. The highest BCUT2D eigenvalue weighted by atomic mass is 16.5. The Bertz CT molecular complexity index is 2030. The summed E-state index contributed by atoms with van der Waals surface area (Å²) in [5, 5.41) is 29.5. The van der Waals surface area contributed by atoms with Gasteiger partial charge in [-0.3, -0.25) is 14.5 Å². The van der Waals surface area contributed by atoms with Gasteiger partial charge in [-0.1, -0.05) is 30.3 Å². The van der Waals surface area contributed by atoms with Crippen LogP contribution in [-0.4, -0.2) is 56.3 Å². The van der Waals surface area contributed by atoms with E-state index >= 15 is 0 Å². The topological polar surface area (TPSA) is 150 Å². The van der Waals surface area contributed by atoms with Gasteiger partial charge in [-0.25, -0.2) is 0 Å². The minimum absolute atomic E-state index is 0.0390. The van der Waals surface area contributed by atoms with Gasteiger partial charge in [0.1, 0.15) is 11.5 Å². The Morgan fingerprint density at radius 1 is 1.00 bits per heavy atom. The molecule has 52 heavy (non-hydrogen) atoms. The van der Waals surface area contributed by atoms with Crippen molar-refractivity contribution in [3.63, 3.8) is 0 Å². The lowest BCUT2D eigenvalue weighted by atomic mass is 9.91. The molecule has 2 amide bonds. The van der Waals surface area contributed by atoms with Gasteiger partial charge in [0.15, 0.2) is 0 Å². The van der Waals surface area contributed by atoms with Crippen LogP contribution in [0.5, 0.6) is 5.75 Å². The minimum Gasteiger partial charge on any atom is -0.508 e. The lowest BCUT2D eigenvalue weighted by Gasteiger charge is -2.40. The lowest BCUT2D eigenvalue weighted by Crippen LogP contribution is -2.44. The van der Waals surface area contributed by atoms with Crippen LogP contribution >= 0.6 is 0 Å². The van der Waals surface area contributed by atoms with Crippen LogP contribution in [0.1, 0.15) is 96.2 Å². The van der Waals surface area contributed by atoms with E-state index in [4.69, 9.17) is 8.94 Å². The number of hydrogen-bond acceptors (Lipinski definition) is 10. The molecular weight excluding hydrogens is 658 g/mol. The predicted molar refractivity (Wildman–Crippen MR) is 197 cm³/mol. The summed E-state index contributed by atoms with van der Waals surface area (Å²) in [6, 6.07) is 21.2. The van der Waals surface area contributed by atoms with E-state index in [1.54, 1.807) is 24.3 Å². The summed E-state index contributed by atoms with van der Waals surface area (Å²) in [6.45, 7) is 10.3. The van der Waals surface area contributed by atoms with Crippen molar-refractivity contribution in [2.75, 3.05) is 23.3 Å². The fourth-order valence-electron chi connectivity index (χ4n) is 7.58. The number of piperidine rings is 1. The van der Waals surface area contributed by atoms with Crippen LogP contribution in [-0.2, 0) is 17.9 Å². The molecule has 1 fully saturated rings. The highest BCUT2D eigenvalue weighted by molar-refractivity contribution is 5.95. The Morgan fingerprint density at radius 3 is 2.50 bits per heavy atom. The summed E-state index contributed by atoms with van der Waals surface area (Å²) in [5.41, 5.74) is 7.10. The molecule has 0 saturated carbocycles. The van der Waals surface area contributed by atoms with Gasteiger partial charge in [-0.05, 0) is 118 Å². The van der Waals surface area contributed by atoms with E-state index in [9.17, 15) is 14.7 Å². The van der Waals surface area contributed by atoms with E-state index in [1.807, 2.05) is 56.0 Å². The summed E-state index contributed by atoms with van der Waals surface area (Å²) in [5.74, 6) is 1.96. The van der Waals surface area contributed by atoms with E-state index in [0.717, 1.165) is 77.4 Å². The second kappa shape index (κ2) is 15.0. The Labute approximate surface area is 303 Å². The number of rotatable bonds is 10. The number of hydrogen-bond donors (Lipinski definition) is 3. The molecular formula is C40H45N7O5. The molecule has 0 bridgehead atoms. The van der Waals surface area contributed by atoms with Crippen molar-refractivity contribution in [1.82, 2.24) is 25.6 Å². The zero-order chi connectivity index (χ0) is 36.4. The van der Waals surface area contributed by atoms with Crippen LogP contribution in [0.15, 0.2) is 75.7 Å². The third-order valence-electron chi connectivity index (χ3n) is 10.2. The number of benzene rings is 3. The van der Waals surface area contributed by atoms with Crippen molar-refractivity contribution in [2.45, 2.75) is 84.5 Å². The smallest absolute Gasteiger partial charge is 0.251 e. The first-order chi connectivity index (χ1) is 25.2. The van der Waals surface area contributed by atoms with Gasteiger partial charge in [0.2, 0.25) is 17.7 Å². The average Bonchev–Trinajstić information content (AvgIpc) is 3.76. The van der Waals surface area contributed by atoms with Gasteiger partial charge >= 0.3 is 0 Å². The zero-order valence-electron chi connectivity index (χ0n) is 30.1. The fraction of sp³-hybridized carbons (Fsp3) is 0.375. The van der Waals surface area contributed by atoms with Crippen LogP contribution in [0.25, 0.3) is 11.1 Å². The van der Waals surface area contributed by atoms with Crippen molar-refractivity contribution in [3.8, 4) is 16.9 Å². The summed E-state index contributed by atoms with van der Waals surface area (Å²) < 4.78 is 11.3. The average molecular weight is 704 g/mol. The SMILES string of the molecule is CCC(=O)N1c2ccccc2[C@H](Nc2ccc(C(=O)NCc3nnc(C4CCN(Cc5cc(O)cc(-c6c(C)noc6C)c5)CC4)o3)cc2)C[C@@H]1C. The molecule has 0 spiro atoms. The molecule has 2 aliphatic heterocycles. The number of amides is 2. The van der Waals surface area contributed by atoms with E-state index in [0.29, 0.717) is 30.3 Å². The lowest BCUT2D eigenvalue weighted by molar-refractivity contribution is -0.118. The molecule has 2 aliphatic rings. The van der Waals surface area contributed by atoms with Crippen LogP contribution in [0.4, 0.5) is 11.4 Å². The van der Waals surface area contributed by atoms with Gasteiger partial charge in [-0.2, -0.15) is 0 Å². The van der Waals surface area contributed by atoms with Gasteiger partial charge in [0, 0.05) is 47.4 Å². The van der Waals surface area contributed by atoms with Crippen molar-refractivity contribution < 1.29 is 23.6 Å². The van der Waals surface area contributed by atoms with E-state index < -0.39 is 0 Å². The molecule has 0 unspecified atom stereocenters. The molecule has 12 heteroatoms. The number of aryl methyl sites for hydroxylation is 2. The molecule has 0 radical (unpaired) electrons. The number of nitrogens with one attached hydrogen (secondary N) is 2. The molecule has 270 valence electrons.